The number of hydrogen-bond acceptors (Lipinski definition) is 3. The first-order valence-electron chi connectivity index (χ1n) is 6.27. The fourth-order valence-corrected chi connectivity index (χ4v) is 1.76. The van der Waals surface area contributed by atoms with Gasteiger partial charge in [0.2, 0.25) is 0 Å². The van der Waals surface area contributed by atoms with E-state index in [1.807, 2.05) is 39.0 Å². The summed E-state index contributed by atoms with van der Waals surface area (Å²) in [6, 6.07) is 5.93. The second kappa shape index (κ2) is 7.01. The number of amides is 1. The molecule has 0 aliphatic heterocycles. The normalized spacial score (nSPS) is 12.0. The molecule has 4 heteroatoms. The van der Waals surface area contributed by atoms with Gasteiger partial charge >= 0.3 is 0 Å². The van der Waals surface area contributed by atoms with Gasteiger partial charge in [0.1, 0.15) is 5.75 Å². The average Bonchev–Trinajstić information content (AvgIpc) is 2.35. The maximum absolute atomic E-state index is 11.7. The molecule has 1 amide bonds. The van der Waals surface area contributed by atoms with Crippen LogP contribution >= 0.6 is 0 Å². The SMILES string of the molecule is CCC(CN)NC(=O)COc1c(C)cccc1C. The predicted octanol–water partition coefficient (Wildman–Crippen LogP) is 1.54. The van der Waals surface area contributed by atoms with Crippen molar-refractivity contribution in [3.05, 3.63) is 29.3 Å². The molecule has 0 radical (unpaired) electrons. The van der Waals surface area contributed by atoms with Gasteiger partial charge < -0.3 is 15.8 Å². The summed E-state index contributed by atoms with van der Waals surface area (Å²) < 4.78 is 5.57. The fraction of sp³-hybridized carbons (Fsp3) is 0.500. The Balaban J connectivity index is 2.52. The van der Waals surface area contributed by atoms with Crippen molar-refractivity contribution in [1.29, 1.82) is 0 Å². The number of benzene rings is 1. The van der Waals surface area contributed by atoms with E-state index in [4.69, 9.17) is 10.5 Å². The van der Waals surface area contributed by atoms with Crippen LogP contribution in [0.5, 0.6) is 5.75 Å². The molecule has 1 aromatic rings. The molecule has 3 N–H and O–H groups in total. The van der Waals surface area contributed by atoms with Crippen molar-refractivity contribution in [2.24, 2.45) is 5.73 Å². The summed E-state index contributed by atoms with van der Waals surface area (Å²) >= 11 is 0. The van der Waals surface area contributed by atoms with Gasteiger partial charge in [0, 0.05) is 12.6 Å². The van der Waals surface area contributed by atoms with Crippen LogP contribution in [0.2, 0.25) is 0 Å². The van der Waals surface area contributed by atoms with E-state index < -0.39 is 0 Å². The summed E-state index contributed by atoms with van der Waals surface area (Å²) in [5, 5.41) is 2.84. The highest BCUT2D eigenvalue weighted by Crippen LogP contribution is 2.21. The summed E-state index contributed by atoms with van der Waals surface area (Å²) in [6.45, 7) is 6.40. The number of nitrogens with one attached hydrogen (secondary N) is 1. The van der Waals surface area contributed by atoms with Gasteiger partial charge in [-0.25, -0.2) is 0 Å². The van der Waals surface area contributed by atoms with Crippen LogP contribution in [0.25, 0.3) is 0 Å². The Bertz CT molecular complexity index is 381. The average molecular weight is 250 g/mol. The van der Waals surface area contributed by atoms with Gasteiger partial charge in [0.25, 0.3) is 5.91 Å². The Morgan fingerprint density at radius 3 is 2.50 bits per heavy atom. The Kier molecular flexibility index (Phi) is 5.65. The molecular weight excluding hydrogens is 228 g/mol. The first-order chi connectivity index (χ1) is 8.58. The van der Waals surface area contributed by atoms with Gasteiger partial charge in [-0.3, -0.25) is 4.79 Å². The lowest BCUT2D eigenvalue weighted by atomic mass is 10.1. The second-order valence-corrected chi connectivity index (χ2v) is 4.42. The quantitative estimate of drug-likeness (QED) is 0.805. The topological polar surface area (TPSA) is 64.3 Å². The summed E-state index contributed by atoms with van der Waals surface area (Å²) in [6.07, 6.45) is 0.825. The van der Waals surface area contributed by atoms with Gasteiger partial charge in [-0.15, -0.1) is 0 Å². The van der Waals surface area contributed by atoms with E-state index in [9.17, 15) is 4.79 Å². The predicted molar refractivity (Wildman–Crippen MR) is 72.7 cm³/mol. The molecule has 18 heavy (non-hydrogen) atoms. The minimum atomic E-state index is -0.130. The van der Waals surface area contributed by atoms with Crippen LogP contribution in [-0.2, 0) is 4.79 Å². The van der Waals surface area contributed by atoms with Crippen molar-refractivity contribution < 1.29 is 9.53 Å². The molecule has 1 aromatic carbocycles. The van der Waals surface area contributed by atoms with Crippen molar-refractivity contribution >= 4 is 5.91 Å². The number of carbonyl (C=O) groups is 1. The molecule has 0 aliphatic carbocycles. The fourth-order valence-electron chi connectivity index (χ4n) is 1.76. The molecule has 0 heterocycles. The molecule has 0 spiro atoms. The van der Waals surface area contributed by atoms with Crippen molar-refractivity contribution in [1.82, 2.24) is 5.32 Å². The number of aryl methyl sites for hydroxylation is 2. The van der Waals surface area contributed by atoms with Crippen LogP contribution in [0.4, 0.5) is 0 Å². The lowest BCUT2D eigenvalue weighted by Gasteiger charge is -2.16. The van der Waals surface area contributed by atoms with Gasteiger partial charge in [0.15, 0.2) is 6.61 Å². The van der Waals surface area contributed by atoms with E-state index in [1.54, 1.807) is 0 Å². The highest BCUT2D eigenvalue weighted by atomic mass is 16.5. The van der Waals surface area contributed by atoms with Gasteiger partial charge in [-0.1, -0.05) is 25.1 Å². The summed E-state index contributed by atoms with van der Waals surface area (Å²) in [7, 11) is 0. The molecule has 0 saturated heterocycles. The molecule has 4 nitrogen and oxygen atoms in total. The molecule has 1 rings (SSSR count). The lowest BCUT2D eigenvalue weighted by Crippen LogP contribution is -2.41. The Morgan fingerprint density at radius 1 is 1.39 bits per heavy atom. The summed E-state index contributed by atoms with van der Waals surface area (Å²) in [5.41, 5.74) is 7.60. The monoisotopic (exact) mass is 250 g/mol. The van der Waals surface area contributed by atoms with Crippen LogP contribution in [0.15, 0.2) is 18.2 Å². The Morgan fingerprint density at radius 2 is 2.00 bits per heavy atom. The zero-order valence-corrected chi connectivity index (χ0v) is 11.3. The smallest absolute Gasteiger partial charge is 0.258 e. The first-order valence-corrected chi connectivity index (χ1v) is 6.27. The molecule has 0 saturated carbocycles. The number of para-hydroxylation sites is 1. The molecule has 0 aliphatic rings. The Hall–Kier alpha value is -1.55. The first kappa shape index (κ1) is 14.5. The number of hydrogen-bond donors (Lipinski definition) is 2. The standard InChI is InChI=1S/C14H22N2O2/c1-4-12(8-15)16-13(17)9-18-14-10(2)6-5-7-11(14)3/h5-7,12H,4,8-9,15H2,1-3H3,(H,16,17). The van der Waals surface area contributed by atoms with E-state index in [1.165, 1.54) is 0 Å². The molecule has 100 valence electrons. The van der Waals surface area contributed by atoms with E-state index >= 15 is 0 Å². The van der Waals surface area contributed by atoms with E-state index in [0.29, 0.717) is 6.54 Å². The number of ether oxygens (including phenoxy) is 1. The third-order valence-corrected chi connectivity index (χ3v) is 2.90. The van der Waals surface area contributed by atoms with E-state index in [2.05, 4.69) is 5.32 Å². The van der Waals surface area contributed by atoms with Crippen molar-refractivity contribution in [3.63, 3.8) is 0 Å². The zero-order chi connectivity index (χ0) is 13.5. The van der Waals surface area contributed by atoms with Crippen molar-refractivity contribution in [2.75, 3.05) is 13.2 Å². The minimum absolute atomic E-state index is 0.0269. The van der Waals surface area contributed by atoms with E-state index in [-0.39, 0.29) is 18.6 Å². The molecule has 0 fully saturated rings. The zero-order valence-electron chi connectivity index (χ0n) is 11.3. The number of nitrogens with two attached hydrogens (primary N) is 1. The maximum atomic E-state index is 11.7. The van der Waals surface area contributed by atoms with E-state index in [0.717, 1.165) is 23.3 Å². The molecule has 1 atom stereocenters. The van der Waals surface area contributed by atoms with Crippen LogP contribution < -0.4 is 15.8 Å². The van der Waals surface area contributed by atoms with Crippen LogP contribution in [0, 0.1) is 13.8 Å². The van der Waals surface area contributed by atoms with Crippen molar-refractivity contribution in [3.8, 4) is 5.75 Å². The lowest BCUT2D eigenvalue weighted by molar-refractivity contribution is -0.123. The summed E-state index contributed by atoms with van der Waals surface area (Å²) in [4.78, 5) is 11.7. The van der Waals surface area contributed by atoms with Gasteiger partial charge in [-0.05, 0) is 31.4 Å². The Labute approximate surface area is 109 Å². The summed E-state index contributed by atoms with van der Waals surface area (Å²) in [5.74, 6) is 0.656. The van der Waals surface area contributed by atoms with Gasteiger partial charge in [0.05, 0.1) is 0 Å². The maximum Gasteiger partial charge on any atom is 0.258 e. The molecule has 1 unspecified atom stereocenters. The minimum Gasteiger partial charge on any atom is -0.483 e. The largest absolute Gasteiger partial charge is 0.483 e. The number of carbonyl (C=O) groups excluding carboxylic acids is 1. The third kappa shape index (κ3) is 4.04. The number of rotatable bonds is 6. The highest BCUT2D eigenvalue weighted by molar-refractivity contribution is 5.78. The molecule has 0 aromatic heterocycles. The van der Waals surface area contributed by atoms with Crippen LogP contribution in [0.1, 0.15) is 24.5 Å². The third-order valence-electron chi connectivity index (χ3n) is 2.90. The highest BCUT2D eigenvalue weighted by Gasteiger charge is 2.10. The van der Waals surface area contributed by atoms with Crippen LogP contribution in [-0.4, -0.2) is 25.1 Å². The van der Waals surface area contributed by atoms with Crippen molar-refractivity contribution in [2.45, 2.75) is 33.2 Å². The second-order valence-electron chi connectivity index (χ2n) is 4.42. The molecule has 0 bridgehead atoms. The van der Waals surface area contributed by atoms with Gasteiger partial charge in [-0.2, -0.15) is 0 Å². The van der Waals surface area contributed by atoms with Crippen LogP contribution in [0.3, 0.4) is 0 Å². The molecular formula is C14H22N2O2.